The molecule has 2 rings (SSSR count). The maximum absolute atomic E-state index is 13.7. The van der Waals surface area contributed by atoms with Crippen molar-refractivity contribution < 1.29 is 13.9 Å². The van der Waals surface area contributed by atoms with Crippen molar-refractivity contribution in [3.63, 3.8) is 0 Å². The van der Waals surface area contributed by atoms with Crippen molar-refractivity contribution in [1.82, 2.24) is 0 Å². The smallest absolute Gasteiger partial charge is 0.163 e. The fraction of sp³-hybridized carbons (Fsp3) is 0.429. The van der Waals surface area contributed by atoms with Gasteiger partial charge in [0, 0.05) is 15.7 Å². The van der Waals surface area contributed by atoms with Crippen molar-refractivity contribution in [2.45, 2.75) is 26.6 Å². The Morgan fingerprint density at radius 3 is 2.53 bits per heavy atom. The summed E-state index contributed by atoms with van der Waals surface area (Å²) in [6.07, 6.45) is 0. The topological polar surface area (TPSA) is 30.5 Å². The van der Waals surface area contributed by atoms with E-state index in [0.717, 1.165) is 11.3 Å². The predicted molar refractivity (Wildman–Crippen MR) is 76.4 cm³/mol. The first-order valence-electron chi connectivity index (χ1n) is 6.06. The Kier molecular flexibility index (Phi) is 4.28. The van der Waals surface area contributed by atoms with Crippen molar-refractivity contribution in [3.8, 4) is 0 Å². The van der Waals surface area contributed by atoms with Crippen LogP contribution in [0.2, 0.25) is 0 Å². The van der Waals surface area contributed by atoms with Crippen LogP contribution in [-0.4, -0.2) is 19.0 Å². The molecule has 1 aliphatic rings. The van der Waals surface area contributed by atoms with Gasteiger partial charge in [0.2, 0.25) is 0 Å². The Hall–Kier alpha value is -0.910. The van der Waals surface area contributed by atoms with E-state index in [0.29, 0.717) is 23.4 Å². The summed E-state index contributed by atoms with van der Waals surface area (Å²) in [6, 6.07) is 4.91. The van der Waals surface area contributed by atoms with Crippen molar-refractivity contribution in [2.75, 3.05) is 18.5 Å². The fourth-order valence-corrected chi connectivity index (χ4v) is 2.04. The van der Waals surface area contributed by atoms with Gasteiger partial charge in [-0.15, -0.1) is 0 Å². The van der Waals surface area contributed by atoms with Crippen LogP contribution >= 0.6 is 15.9 Å². The van der Waals surface area contributed by atoms with Gasteiger partial charge in [-0.25, -0.2) is 4.39 Å². The maximum atomic E-state index is 13.7. The third kappa shape index (κ3) is 3.78. The highest BCUT2D eigenvalue weighted by molar-refractivity contribution is 9.10. The molecule has 1 saturated heterocycles. The lowest BCUT2D eigenvalue weighted by atomic mass is 10.2. The molecule has 1 N–H and O–H groups in total. The molecule has 0 spiro atoms. The molecule has 0 unspecified atom stereocenters. The summed E-state index contributed by atoms with van der Waals surface area (Å²) in [4.78, 5) is 0. The lowest BCUT2D eigenvalue weighted by Gasteiger charge is -2.32. The van der Waals surface area contributed by atoms with Crippen LogP contribution in [-0.2, 0) is 9.47 Å². The van der Waals surface area contributed by atoms with Gasteiger partial charge in [-0.2, -0.15) is 0 Å². The number of allylic oxidation sites excluding steroid dienone is 1. The Morgan fingerprint density at radius 2 is 1.95 bits per heavy atom. The molecule has 0 radical (unpaired) electrons. The molecule has 0 atom stereocenters. The molecular formula is C14H17BrFNO2. The molecule has 1 fully saturated rings. The van der Waals surface area contributed by atoms with Crippen molar-refractivity contribution in [1.29, 1.82) is 0 Å². The number of hydrogen-bond donors (Lipinski definition) is 1. The molecule has 0 aliphatic carbocycles. The Bertz CT molecular complexity index is 502. The Balaban J connectivity index is 2.10. The molecule has 1 heterocycles. The number of nitrogens with one attached hydrogen (secondary N) is 1. The minimum atomic E-state index is -0.549. The predicted octanol–water partition coefficient (Wildman–Crippen LogP) is 4.06. The second kappa shape index (κ2) is 5.61. The van der Waals surface area contributed by atoms with Crippen molar-refractivity contribution in [3.05, 3.63) is 39.8 Å². The molecule has 104 valence electrons. The van der Waals surface area contributed by atoms with E-state index in [4.69, 9.17) is 9.47 Å². The number of hydrogen-bond acceptors (Lipinski definition) is 3. The van der Waals surface area contributed by atoms with E-state index in [9.17, 15) is 4.39 Å². The summed E-state index contributed by atoms with van der Waals surface area (Å²) in [5, 5.41) is 3.06. The lowest BCUT2D eigenvalue weighted by Crippen LogP contribution is -2.36. The van der Waals surface area contributed by atoms with E-state index in [2.05, 4.69) is 21.2 Å². The molecule has 0 bridgehead atoms. The van der Waals surface area contributed by atoms with E-state index >= 15 is 0 Å². The largest absolute Gasteiger partial charge is 0.357 e. The van der Waals surface area contributed by atoms with Crippen LogP contribution in [0.1, 0.15) is 20.8 Å². The van der Waals surface area contributed by atoms with Crippen LogP contribution in [0.15, 0.2) is 33.9 Å². The van der Waals surface area contributed by atoms with Gasteiger partial charge in [-0.3, -0.25) is 0 Å². The first-order chi connectivity index (χ1) is 8.87. The highest BCUT2D eigenvalue weighted by atomic mass is 79.9. The average molecular weight is 330 g/mol. The van der Waals surface area contributed by atoms with Crippen LogP contribution in [0.3, 0.4) is 0 Å². The van der Waals surface area contributed by atoms with Crippen LogP contribution < -0.4 is 5.32 Å². The first kappa shape index (κ1) is 14.5. The summed E-state index contributed by atoms with van der Waals surface area (Å²) >= 11 is 3.23. The molecule has 1 aliphatic heterocycles. The SMILES string of the molecule is CC(Nc1ccc(Br)cc1F)=C1COC(C)(C)OC1. The summed E-state index contributed by atoms with van der Waals surface area (Å²) in [5.41, 5.74) is 2.29. The summed E-state index contributed by atoms with van der Waals surface area (Å²) in [6.45, 7) is 6.62. The van der Waals surface area contributed by atoms with Crippen molar-refractivity contribution >= 4 is 21.6 Å². The number of rotatable bonds is 2. The monoisotopic (exact) mass is 329 g/mol. The van der Waals surface area contributed by atoms with Crippen LogP contribution in [0.25, 0.3) is 0 Å². The molecule has 1 aromatic rings. The van der Waals surface area contributed by atoms with Gasteiger partial charge < -0.3 is 14.8 Å². The normalized spacial score (nSPS) is 18.3. The average Bonchev–Trinajstić information content (AvgIpc) is 2.32. The van der Waals surface area contributed by atoms with Crippen LogP contribution in [0.5, 0.6) is 0 Å². The van der Waals surface area contributed by atoms with Gasteiger partial charge in [0.25, 0.3) is 0 Å². The first-order valence-corrected chi connectivity index (χ1v) is 6.85. The van der Waals surface area contributed by atoms with E-state index in [-0.39, 0.29) is 5.82 Å². The quantitative estimate of drug-likeness (QED) is 0.887. The zero-order valence-electron chi connectivity index (χ0n) is 11.2. The van der Waals surface area contributed by atoms with E-state index in [1.807, 2.05) is 20.8 Å². The molecule has 3 nitrogen and oxygen atoms in total. The lowest BCUT2D eigenvalue weighted by molar-refractivity contribution is -0.226. The van der Waals surface area contributed by atoms with E-state index < -0.39 is 5.79 Å². The summed E-state index contributed by atoms with van der Waals surface area (Å²) in [5.74, 6) is -0.848. The zero-order valence-corrected chi connectivity index (χ0v) is 12.8. The fourth-order valence-electron chi connectivity index (χ4n) is 1.70. The molecule has 5 heteroatoms. The van der Waals surface area contributed by atoms with E-state index in [1.165, 1.54) is 6.07 Å². The molecular weight excluding hydrogens is 313 g/mol. The number of halogens is 2. The van der Waals surface area contributed by atoms with Crippen LogP contribution in [0.4, 0.5) is 10.1 Å². The standard InChI is InChI=1S/C14H17BrFNO2/c1-9(10-7-18-14(2,3)19-8-10)17-13-5-4-11(15)6-12(13)16/h4-6,17H,7-8H2,1-3H3. The molecule has 0 saturated carbocycles. The second-order valence-electron chi connectivity index (χ2n) is 4.95. The Morgan fingerprint density at radius 1 is 1.32 bits per heavy atom. The van der Waals surface area contributed by atoms with Gasteiger partial charge in [0.05, 0.1) is 18.9 Å². The third-order valence-corrected chi connectivity index (χ3v) is 3.46. The highest BCUT2D eigenvalue weighted by Crippen LogP contribution is 2.24. The number of benzene rings is 1. The summed E-state index contributed by atoms with van der Waals surface area (Å²) in [7, 11) is 0. The van der Waals surface area contributed by atoms with Gasteiger partial charge in [0.1, 0.15) is 5.82 Å². The van der Waals surface area contributed by atoms with Gasteiger partial charge in [-0.1, -0.05) is 15.9 Å². The number of anilines is 1. The van der Waals surface area contributed by atoms with Gasteiger partial charge in [-0.05, 0) is 39.0 Å². The molecule has 0 aromatic heterocycles. The molecule has 1 aromatic carbocycles. The summed E-state index contributed by atoms with van der Waals surface area (Å²) < 4.78 is 25.6. The van der Waals surface area contributed by atoms with Crippen molar-refractivity contribution in [2.24, 2.45) is 0 Å². The van der Waals surface area contributed by atoms with Gasteiger partial charge >= 0.3 is 0 Å². The minimum absolute atomic E-state index is 0.299. The van der Waals surface area contributed by atoms with E-state index in [1.54, 1.807) is 12.1 Å². The Labute approximate surface area is 120 Å². The zero-order chi connectivity index (χ0) is 14.0. The number of ether oxygens (including phenoxy) is 2. The maximum Gasteiger partial charge on any atom is 0.163 e. The third-order valence-electron chi connectivity index (χ3n) is 2.97. The van der Waals surface area contributed by atoms with Gasteiger partial charge in [0.15, 0.2) is 5.79 Å². The molecule has 19 heavy (non-hydrogen) atoms. The minimum Gasteiger partial charge on any atom is -0.357 e. The highest BCUT2D eigenvalue weighted by Gasteiger charge is 2.25. The molecule has 0 amide bonds. The second-order valence-corrected chi connectivity index (χ2v) is 5.87. The van der Waals surface area contributed by atoms with Crippen LogP contribution in [0, 0.1) is 5.82 Å².